The van der Waals surface area contributed by atoms with Crippen molar-refractivity contribution in [1.29, 1.82) is 0 Å². The summed E-state index contributed by atoms with van der Waals surface area (Å²) in [6.45, 7) is 0.252. The molecular weight excluding hydrogens is 326 g/mol. The molecule has 0 bridgehead atoms. The quantitative estimate of drug-likeness (QED) is 0.542. The van der Waals surface area contributed by atoms with E-state index in [0.29, 0.717) is 0 Å². The number of hydrogen-bond donors (Lipinski definition) is 1. The zero-order chi connectivity index (χ0) is 18.2. The molecule has 1 heterocycles. The minimum absolute atomic E-state index is 0.000244. The average molecular weight is 345 g/mol. The van der Waals surface area contributed by atoms with Gasteiger partial charge in [0.2, 0.25) is 0 Å². The molecule has 130 valence electrons. The van der Waals surface area contributed by atoms with Crippen LogP contribution in [0.15, 0.2) is 79.0 Å². The van der Waals surface area contributed by atoms with Crippen molar-refractivity contribution in [1.82, 2.24) is 4.98 Å². The Morgan fingerprint density at radius 2 is 1.81 bits per heavy atom. The highest BCUT2D eigenvalue weighted by atomic mass is 16.5. The lowest BCUT2D eigenvalue weighted by Crippen LogP contribution is -2.00. The van der Waals surface area contributed by atoms with Crippen molar-refractivity contribution in [3.8, 4) is 11.3 Å². The van der Waals surface area contributed by atoms with Crippen molar-refractivity contribution in [3.63, 3.8) is 0 Å². The minimum Gasteiger partial charge on any atom is -0.458 e. The number of carbonyl (C=O) groups excluding carboxylic acids is 1. The molecular formula is C22H19NO3. The lowest BCUT2D eigenvalue weighted by molar-refractivity contribution is -0.138. The lowest BCUT2D eigenvalue weighted by Gasteiger charge is -2.04. The second-order valence-electron chi connectivity index (χ2n) is 5.76. The van der Waals surface area contributed by atoms with Gasteiger partial charge in [-0.3, -0.25) is 4.98 Å². The summed E-state index contributed by atoms with van der Waals surface area (Å²) in [5.74, 6) is -0.395. The summed E-state index contributed by atoms with van der Waals surface area (Å²) in [7, 11) is 0. The summed E-state index contributed by atoms with van der Waals surface area (Å²) in [6, 6.07) is 20.9. The van der Waals surface area contributed by atoms with Gasteiger partial charge in [-0.25, -0.2) is 4.79 Å². The number of esters is 1. The molecule has 4 nitrogen and oxygen atoms in total. The van der Waals surface area contributed by atoms with Gasteiger partial charge >= 0.3 is 5.97 Å². The first-order valence-electron chi connectivity index (χ1n) is 8.29. The zero-order valence-electron chi connectivity index (χ0n) is 14.2. The molecule has 3 aromatic rings. The van der Waals surface area contributed by atoms with Gasteiger partial charge in [-0.15, -0.1) is 0 Å². The number of benzene rings is 2. The van der Waals surface area contributed by atoms with Gasteiger partial charge in [-0.05, 0) is 34.9 Å². The predicted octanol–water partition coefficient (Wildman–Crippen LogP) is 4.00. The van der Waals surface area contributed by atoms with Gasteiger partial charge in [-0.1, -0.05) is 54.6 Å². The Morgan fingerprint density at radius 1 is 1.00 bits per heavy atom. The molecule has 0 spiro atoms. The number of ether oxygens (including phenoxy) is 1. The SMILES string of the molecule is O=C(C=Cc1ccc(-c2cccc(CO)c2)nc1)OCc1ccccc1. The Morgan fingerprint density at radius 3 is 2.54 bits per heavy atom. The van der Waals surface area contributed by atoms with Crippen molar-refractivity contribution < 1.29 is 14.6 Å². The number of rotatable bonds is 6. The van der Waals surface area contributed by atoms with Crippen LogP contribution in [0.3, 0.4) is 0 Å². The Bertz CT molecular complexity index is 887. The van der Waals surface area contributed by atoms with Crippen molar-refractivity contribution in [2.45, 2.75) is 13.2 Å². The fraction of sp³-hybridized carbons (Fsp3) is 0.0909. The molecule has 0 atom stereocenters. The monoisotopic (exact) mass is 345 g/mol. The Balaban J connectivity index is 1.59. The first kappa shape index (κ1) is 17.6. The van der Waals surface area contributed by atoms with Gasteiger partial charge < -0.3 is 9.84 Å². The third-order valence-corrected chi connectivity index (χ3v) is 3.83. The predicted molar refractivity (Wildman–Crippen MR) is 101 cm³/mol. The summed E-state index contributed by atoms with van der Waals surface area (Å²) in [5.41, 5.74) is 4.35. The van der Waals surface area contributed by atoms with E-state index >= 15 is 0 Å². The van der Waals surface area contributed by atoms with E-state index in [4.69, 9.17) is 4.74 Å². The van der Waals surface area contributed by atoms with E-state index < -0.39 is 5.97 Å². The molecule has 0 radical (unpaired) electrons. The average Bonchev–Trinajstić information content (AvgIpc) is 2.72. The normalized spacial score (nSPS) is 10.8. The molecule has 26 heavy (non-hydrogen) atoms. The number of aromatic nitrogens is 1. The van der Waals surface area contributed by atoms with Crippen LogP contribution in [0, 0.1) is 0 Å². The fourth-order valence-corrected chi connectivity index (χ4v) is 2.44. The van der Waals surface area contributed by atoms with Gasteiger partial charge in [0.25, 0.3) is 0 Å². The number of hydrogen-bond acceptors (Lipinski definition) is 4. The molecule has 0 aliphatic carbocycles. The van der Waals surface area contributed by atoms with Gasteiger partial charge in [0.15, 0.2) is 0 Å². The molecule has 0 amide bonds. The van der Waals surface area contributed by atoms with Crippen LogP contribution in [0.25, 0.3) is 17.3 Å². The summed E-state index contributed by atoms with van der Waals surface area (Å²) in [4.78, 5) is 16.2. The molecule has 0 saturated carbocycles. The van der Waals surface area contributed by atoms with E-state index in [9.17, 15) is 9.90 Å². The van der Waals surface area contributed by atoms with Gasteiger partial charge in [0.1, 0.15) is 6.61 Å². The molecule has 0 aliphatic heterocycles. The topological polar surface area (TPSA) is 59.4 Å². The lowest BCUT2D eigenvalue weighted by atomic mass is 10.1. The maximum Gasteiger partial charge on any atom is 0.331 e. The smallest absolute Gasteiger partial charge is 0.331 e. The largest absolute Gasteiger partial charge is 0.458 e. The second kappa shape index (κ2) is 8.74. The van der Waals surface area contributed by atoms with Crippen molar-refractivity contribution >= 4 is 12.0 Å². The van der Waals surface area contributed by atoms with Crippen LogP contribution >= 0.6 is 0 Å². The highest BCUT2D eigenvalue weighted by molar-refractivity contribution is 5.87. The maximum absolute atomic E-state index is 11.8. The second-order valence-corrected chi connectivity index (χ2v) is 5.76. The van der Waals surface area contributed by atoms with E-state index in [1.807, 2.05) is 66.7 Å². The summed E-state index contributed by atoms with van der Waals surface area (Å²) < 4.78 is 5.20. The van der Waals surface area contributed by atoms with Crippen molar-refractivity contribution in [3.05, 3.63) is 95.7 Å². The highest BCUT2D eigenvalue weighted by Gasteiger charge is 2.02. The Hall–Kier alpha value is -3.24. The Labute approximate surface area is 152 Å². The summed E-state index contributed by atoms with van der Waals surface area (Å²) >= 11 is 0. The molecule has 2 aromatic carbocycles. The molecule has 1 N–H and O–H groups in total. The van der Waals surface area contributed by atoms with E-state index in [1.165, 1.54) is 6.08 Å². The number of aliphatic hydroxyl groups excluding tert-OH is 1. The zero-order valence-corrected chi connectivity index (χ0v) is 14.2. The number of pyridine rings is 1. The molecule has 0 aliphatic rings. The van der Waals surface area contributed by atoms with Gasteiger partial charge in [0.05, 0.1) is 12.3 Å². The highest BCUT2D eigenvalue weighted by Crippen LogP contribution is 2.19. The van der Waals surface area contributed by atoms with E-state index in [1.54, 1.807) is 12.3 Å². The first-order valence-corrected chi connectivity index (χ1v) is 8.29. The summed E-state index contributed by atoms with van der Waals surface area (Å²) in [5, 5.41) is 9.22. The van der Waals surface area contributed by atoms with Crippen LogP contribution in [0.2, 0.25) is 0 Å². The molecule has 1 aromatic heterocycles. The molecule has 0 saturated heterocycles. The van der Waals surface area contributed by atoms with Crippen molar-refractivity contribution in [2.24, 2.45) is 0 Å². The molecule has 3 rings (SSSR count). The maximum atomic E-state index is 11.8. The molecule has 0 unspecified atom stereocenters. The third-order valence-electron chi connectivity index (χ3n) is 3.83. The fourth-order valence-electron chi connectivity index (χ4n) is 2.44. The van der Waals surface area contributed by atoms with Crippen LogP contribution in [-0.4, -0.2) is 16.1 Å². The number of carbonyl (C=O) groups is 1. The molecule has 4 heteroatoms. The minimum atomic E-state index is -0.395. The van der Waals surface area contributed by atoms with Crippen molar-refractivity contribution in [2.75, 3.05) is 0 Å². The van der Waals surface area contributed by atoms with Crippen LogP contribution in [0.5, 0.6) is 0 Å². The Kier molecular flexibility index (Phi) is 5.91. The van der Waals surface area contributed by atoms with E-state index in [2.05, 4.69) is 4.98 Å². The van der Waals surface area contributed by atoms with Crippen LogP contribution in [0.4, 0.5) is 0 Å². The number of aliphatic hydroxyl groups is 1. The first-order chi connectivity index (χ1) is 12.7. The van der Waals surface area contributed by atoms with Gasteiger partial charge in [-0.2, -0.15) is 0 Å². The summed E-state index contributed by atoms with van der Waals surface area (Å²) in [6.07, 6.45) is 4.77. The van der Waals surface area contributed by atoms with Crippen LogP contribution in [0.1, 0.15) is 16.7 Å². The standard InChI is InChI=1S/C22H19NO3/c24-15-19-7-4-8-20(13-19)21-11-9-17(14-23-21)10-12-22(25)26-16-18-5-2-1-3-6-18/h1-14,24H,15-16H2. The van der Waals surface area contributed by atoms with E-state index in [0.717, 1.165) is 27.9 Å². The third kappa shape index (κ3) is 4.88. The number of nitrogens with zero attached hydrogens (tertiary/aromatic N) is 1. The van der Waals surface area contributed by atoms with E-state index in [-0.39, 0.29) is 13.2 Å². The van der Waals surface area contributed by atoms with Crippen LogP contribution in [-0.2, 0) is 22.7 Å². The van der Waals surface area contributed by atoms with Gasteiger partial charge in [0, 0.05) is 17.8 Å². The van der Waals surface area contributed by atoms with Crippen LogP contribution < -0.4 is 0 Å². The molecule has 0 fully saturated rings.